The Hall–Kier alpha value is -2.29. The Kier molecular flexibility index (Phi) is 6.47. The molecule has 0 aromatic heterocycles. The Labute approximate surface area is 152 Å². The third kappa shape index (κ3) is 6.21. The summed E-state index contributed by atoms with van der Waals surface area (Å²) >= 11 is 0. The number of ether oxygens (including phenoxy) is 3. The molecule has 1 saturated heterocycles. The van der Waals surface area contributed by atoms with E-state index in [9.17, 15) is 18.0 Å². The molecule has 0 unspecified atom stereocenters. The Bertz CT molecular complexity index is 745. The number of benzene rings is 1. The summed E-state index contributed by atoms with van der Waals surface area (Å²) in [7, 11) is -3.13. The fraction of sp³-hybridized carbons (Fsp3) is 0.529. The van der Waals surface area contributed by atoms with Gasteiger partial charge in [-0.2, -0.15) is 0 Å². The zero-order valence-corrected chi connectivity index (χ0v) is 15.6. The minimum absolute atomic E-state index is 0.0412. The quantitative estimate of drug-likeness (QED) is 0.656. The highest BCUT2D eigenvalue weighted by molar-refractivity contribution is 7.91. The number of esters is 1. The van der Waals surface area contributed by atoms with Crippen molar-refractivity contribution in [3.8, 4) is 11.5 Å². The summed E-state index contributed by atoms with van der Waals surface area (Å²) < 4.78 is 38.4. The van der Waals surface area contributed by atoms with Gasteiger partial charge in [0.25, 0.3) is 5.91 Å². The van der Waals surface area contributed by atoms with Gasteiger partial charge in [-0.05, 0) is 44.5 Å². The van der Waals surface area contributed by atoms with Crippen LogP contribution < -0.4 is 14.8 Å². The highest BCUT2D eigenvalue weighted by Crippen LogP contribution is 2.22. The lowest BCUT2D eigenvalue weighted by atomic mass is 10.0. The predicted molar refractivity (Wildman–Crippen MR) is 93.9 cm³/mol. The summed E-state index contributed by atoms with van der Waals surface area (Å²) in [5.41, 5.74) is -0.818. The summed E-state index contributed by atoms with van der Waals surface area (Å²) in [5, 5.41) is 2.61. The van der Waals surface area contributed by atoms with Gasteiger partial charge < -0.3 is 19.5 Å². The van der Waals surface area contributed by atoms with Crippen LogP contribution in [0.3, 0.4) is 0 Å². The summed E-state index contributed by atoms with van der Waals surface area (Å²) in [6.07, 6.45) is 0.343. The van der Waals surface area contributed by atoms with Gasteiger partial charge in [-0.3, -0.25) is 4.79 Å². The predicted octanol–water partition coefficient (Wildman–Crippen LogP) is 0.701. The fourth-order valence-corrected chi connectivity index (χ4v) is 4.70. The first kappa shape index (κ1) is 20.0. The maximum atomic E-state index is 11.9. The molecule has 1 amide bonds. The molecule has 1 fully saturated rings. The van der Waals surface area contributed by atoms with Crippen LogP contribution in [0.5, 0.6) is 11.5 Å². The van der Waals surface area contributed by atoms with Crippen molar-refractivity contribution in [3.63, 3.8) is 0 Å². The number of carbonyl (C=O) groups is 2. The number of nitrogens with one attached hydrogen (secondary N) is 1. The highest BCUT2D eigenvalue weighted by Gasteiger charge is 2.39. The van der Waals surface area contributed by atoms with Gasteiger partial charge in [0.05, 0.1) is 23.7 Å². The van der Waals surface area contributed by atoms with E-state index in [1.165, 1.54) is 0 Å². The van der Waals surface area contributed by atoms with Gasteiger partial charge >= 0.3 is 5.97 Å². The van der Waals surface area contributed by atoms with E-state index >= 15 is 0 Å². The lowest BCUT2D eigenvalue weighted by molar-refractivity contribution is -0.150. The van der Waals surface area contributed by atoms with Crippen molar-refractivity contribution in [1.29, 1.82) is 0 Å². The molecule has 0 bridgehead atoms. The Morgan fingerprint density at radius 1 is 1.12 bits per heavy atom. The third-order valence-corrected chi connectivity index (χ3v) is 5.70. The zero-order chi connectivity index (χ0) is 19.2. The van der Waals surface area contributed by atoms with E-state index < -0.39 is 33.9 Å². The van der Waals surface area contributed by atoms with Crippen LogP contribution in [0, 0.1) is 0 Å². The average molecular weight is 385 g/mol. The summed E-state index contributed by atoms with van der Waals surface area (Å²) in [6.45, 7) is 3.27. The highest BCUT2D eigenvalue weighted by atomic mass is 32.2. The number of amides is 1. The third-order valence-electron chi connectivity index (χ3n) is 3.80. The Balaban J connectivity index is 1.70. The van der Waals surface area contributed by atoms with Crippen LogP contribution in [-0.2, 0) is 24.2 Å². The molecule has 1 atom stereocenters. The second-order valence-electron chi connectivity index (χ2n) is 6.30. The molecule has 0 radical (unpaired) electrons. The molecule has 1 aliphatic heterocycles. The molecule has 1 aliphatic rings. The number of hydrogen-bond donors (Lipinski definition) is 1. The normalized spacial score (nSPS) is 21.0. The molecule has 0 aliphatic carbocycles. The topological polar surface area (TPSA) is 108 Å². The van der Waals surface area contributed by atoms with Crippen molar-refractivity contribution >= 4 is 21.7 Å². The second kappa shape index (κ2) is 8.39. The number of hydrogen-bond acceptors (Lipinski definition) is 7. The molecule has 1 N–H and O–H groups in total. The van der Waals surface area contributed by atoms with Crippen LogP contribution >= 0.6 is 0 Å². The van der Waals surface area contributed by atoms with Gasteiger partial charge in [-0.1, -0.05) is 0 Å². The van der Waals surface area contributed by atoms with Crippen molar-refractivity contribution in [2.24, 2.45) is 0 Å². The first-order valence-electron chi connectivity index (χ1n) is 8.24. The largest absolute Gasteiger partial charge is 0.494 e. The van der Waals surface area contributed by atoms with E-state index in [1.807, 2.05) is 6.92 Å². The van der Waals surface area contributed by atoms with Crippen molar-refractivity contribution < 1.29 is 32.2 Å². The van der Waals surface area contributed by atoms with Crippen LogP contribution in [-0.4, -0.2) is 57.2 Å². The SMILES string of the molecule is CCOc1ccc(OCC(=O)OCC(=O)N[C@@]2(C)CCS(=O)(=O)C2)cc1. The molecular formula is C17H23NO7S. The molecule has 0 saturated carbocycles. The number of carbonyl (C=O) groups excluding carboxylic acids is 2. The van der Waals surface area contributed by atoms with E-state index in [0.717, 1.165) is 0 Å². The molecule has 1 aromatic carbocycles. The van der Waals surface area contributed by atoms with Gasteiger partial charge in [0.1, 0.15) is 11.5 Å². The first-order valence-corrected chi connectivity index (χ1v) is 10.1. The fourth-order valence-electron chi connectivity index (χ4n) is 2.61. The lowest BCUT2D eigenvalue weighted by Crippen LogP contribution is -2.48. The van der Waals surface area contributed by atoms with E-state index in [-0.39, 0.29) is 18.1 Å². The van der Waals surface area contributed by atoms with Crippen molar-refractivity contribution in [2.75, 3.05) is 31.3 Å². The van der Waals surface area contributed by atoms with Gasteiger partial charge in [-0.15, -0.1) is 0 Å². The molecule has 9 heteroatoms. The Morgan fingerprint density at radius 3 is 2.27 bits per heavy atom. The summed E-state index contributed by atoms with van der Waals surface area (Å²) in [5.74, 6) is -0.141. The maximum absolute atomic E-state index is 11.9. The first-order chi connectivity index (χ1) is 12.2. The smallest absolute Gasteiger partial charge is 0.344 e. The van der Waals surface area contributed by atoms with E-state index in [4.69, 9.17) is 14.2 Å². The van der Waals surface area contributed by atoms with E-state index in [1.54, 1.807) is 31.2 Å². The van der Waals surface area contributed by atoms with Crippen molar-refractivity contribution in [1.82, 2.24) is 5.32 Å². The van der Waals surface area contributed by atoms with E-state index in [2.05, 4.69) is 5.32 Å². The number of sulfone groups is 1. The molecule has 1 aromatic rings. The van der Waals surface area contributed by atoms with Crippen molar-refractivity contribution in [2.45, 2.75) is 25.8 Å². The number of rotatable bonds is 8. The van der Waals surface area contributed by atoms with Gasteiger partial charge in [0.15, 0.2) is 23.1 Å². The second-order valence-corrected chi connectivity index (χ2v) is 8.49. The molecular weight excluding hydrogens is 362 g/mol. The lowest BCUT2D eigenvalue weighted by Gasteiger charge is -2.23. The standard InChI is InChI=1S/C17H23NO7S/c1-3-23-13-4-6-14(7-5-13)24-11-16(20)25-10-15(19)18-17(2)8-9-26(21,22)12-17/h4-7H,3,8-12H2,1-2H3,(H,18,19)/t17-/m0/s1. The van der Waals surface area contributed by atoms with Gasteiger partial charge in [0.2, 0.25) is 0 Å². The zero-order valence-electron chi connectivity index (χ0n) is 14.8. The summed E-state index contributed by atoms with van der Waals surface area (Å²) in [4.78, 5) is 23.5. The van der Waals surface area contributed by atoms with Crippen molar-refractivity contribution in [3.05, 3.63) is 24.3 Å². The molecule has 0 spiro atoms. The molecule has 2 rings (SSSR count). The van der Waals surface area contributed by atoms with Crippen LogP contribution in [0.15, 0.2) is 24.3 Å². The molecule has 8 nitrogen and oxygen atoms in total. The average Bonchev–Trinajstić information content (AvgIpc) is 2.85. The minimum Gasteiger partial charge on any atom is -0.494 e. The van der Waals surface area contributed by atoms with Crippen LogP contribution in [0.4, 0.5) is 0 Å². The van der Waals surface area contributed by atoms with Gasteiger partial charge in [0, 0.05) is 0 Å². The summed E-state index contributed by atoms with van der Waals surface area (Å²) in [6, 6.07) is 6.75. The van der Waals surface area contributed by atoms with Gasteiger partial charge in [-0.25, -0.2) is 13.2 Å². The monoisotopic (exact) mass is 385 g/mol. The molecule has 1 heterocycles. The van der Waals surface area contributed by atoms with Crippen LogP contribution in [0.25, 0.3) is 0 Å². The van der Waals surface area contributed by atoms with Crippen LogP contribution in [0.2, 0.25) is 0 Å². The Morgan fingerprint density at radius 2 is 1.73 bits per heavy atom. The molecule has 26 heavy (non-hydrogen) atoms. The minimum atomic E-state index is -3.13. The maximum Gasteiger partial charge on any atom is 0.344 e. The van der Waals surface area contributed by atoms with Crippen LogP contribution in [0.1, 0.15) is 20.3 Å². The molecule has 144 valence electrons. The van der Waals surface area contributed by atoms with E-state index in [0.29, 0.717) is 24.5 Å².